The molecule has 9 fully saturated rings. The van der Waals surface area contributed by atoms with E-state index < -0.39 is 142 Å². The summed E-state index contributed by atoms with van der Waals surface area (Å²) in [5.41, 5.74) is 2.65. The molecule has 13 rings (SSSR count). The van der Waals surface area contributed by atoms with E-state index >= 15 is 0 Å². The Morgan fingerprint density at radius 3 is 1.08 bits per heavy atom. The molecule has 9 aliphatic rings. The van der Waals surface area contributed by atoms with Crippen LogP contribution >= 0.6 is 0 Å². The molecule has 382 valence electrons. The van der Waals surface area contributed by atoms with Gasteiger partial charge in [0.15, 0.2) is 0 Å². The highest BCUT2D eigenvalue weighted by Crippen LogP contribution is 2.56. The van der Waals surface area contributed by atoms with Crippen molar-refractivity contribution in [3.8, 4) is 0 Å². The van der Waals surface area contributed by atoms with Crippen molar-refractivity contribution < 1.29 is 57.5 Å². The Hall–Kier alpha value is -8.68. The van der Waals surface area contributed by atoms with Crippen LogP contribution in [0.3, 0.4) is 0 Å². The van der Waals surface area contributed by atoms with Crippen molar-refractivity contribution in [2.45, 2.75) is 45.4 Å². The van der Waals surface area contributed by atoms with Crippen LogP contribution in [0.15, 0.2) is 107 Å². The second kappa shape index (κ2) is 16.9. The number of fused-ring (bicyclic) bond motifs is 15. The zero-order chi connectivity index (χ0) is 52.9. The average molecular weight is 1020 g/mol. The van der Waals surface area contributed by atoms with E-state index in [0.717, 1.165) is 35.0 Å². The van der Waals surface area contributed by atoms with Crippen LogP contribution in [0.4, 0.5) is 39.8 Å². The van der Waals surface area contributed by atoms with Gasteiger partial charge in [0.25, 0.3) is 0 Å². The van der Waals surface area contributed by atoms with Crippen LogP contribution in [0.1, 0.15) is 44.1 Å². The number of imide groups is 6. The van der Waals surface area contributed by atoms with Gasteiger partial charge < -0.3 is 0 Å². The van der Waals surface area contributed by atoms with Gasteiger partial charge in [-0.05, 0) is 117 Å². The summed E-state index contributed by atoms with van der Waals surface area (Å²) in [6.07, 6.45) is -0.360. The van der Waals surface area contributed by atoms with E-state index in [0.29, 0.717) is 11.4 Å². The quantitative estimate of drug-likeness (QED) is 0.176. The van der Waals surface area contributed by atoms with Crippen molar-refractivity contribution >= 4 is 111 Å². The molecule has 12 unspecified atom stereocenters. The fourth-order valence-corrected chi connectivity index (χ4v) is 14.4. The molecule has 6 heterocycles. The lowest BCUT2D eigenvalue weighted by Gasteiger charge is -2.35. The number of hydrogen-bond acceptors (Lipinski definition) is 14. The van der Waals surface area contributed by atoms with Crippen LogP contribution in [-0.2, 0) is 57.5 Å². The zero-order valence-corrected chi connectivity index (χ0v) is 40.9. The van der Waals surface area contributed by atoms with Gasteiger partial charge in [0, 0.05) is 44.1 Å². The number of azo groups is 1. The fourth-order valence-electron chi connectivity index (χ4n) is 14.4. The minimum atomic E-state index is -1.11. The number of hydrogen-bond donors (Lipinski definition) is 0. The van der Waals surface area contributed by atoms with E-state index in [1.807, 2.05) is 31.2 Å². The van der Waals surface area contributed by atoms with Crippen LogP contribution in [0.2, 0.25) is 0 Å². The Balaban J connectivity index is 0.727. The maximum Gasteiger partial charge on any atom is 0.237 e. The van der Waals surface area contributed by atoms with Gasteiger partial charge in [-0.1, -0.05) is 29.8 Å². The van der Waals surface area contributed by atoms with E-state index in [1.165, 1.54) is 55.6 Å². The van der Waals surface area contributed by atoms with Gasteiger partial charge in [0.1, 0.15) is 0 Å². The van der Waals surface area contributed by atoms with Gasteiger partial charge in [-0.3, -0.25) is 77.1 Å². The highest BCUT2D eigenvalue weighted by molar-refractivity contribution is 6.27. The first-order chi connectivity index (χ1) is 36.5. The Kier molecular flexibility index (Phi) is 10.5. The number of likely N-dealkylation sites (tertiary alicyclic amines) is 1. The topological polar surface area (TPSA) is 249 Å². The van der Waals surface area contributed by atoms with E-state index in [4.69, 9.17) is 0 Å². The molecule has 4 aromatic carbocycles. The largest absolute Gasteiger partial charge is 0.285 e. The number of aryl methyl sites for hydroxylation is 1. The molecule has 12 amide bonds. The second-order valence-corrected chi connectivity index (χ2v) is 21.6. The fraction of sp³-hybridized carbons (Fsp3) is 0.357. The van der Waals surface area contributed by atoms with Gasteiger partial charge in [-0.2, -0.15) is 10.2 Å². The minimum absolute atomic E-state index is 0.00156. The first kappa shape index (κ1) is 47.1. The molecule has 0 spiro atoms. The lowest BCUT2D eigenvalue weighted by atomic mass is 9.80. The summed E-state index contributed by atoms with van der Waals surface area (Å²) in [5, 5.41) is 8.50. The molecule has 0 radical (unpaired) electrons. The predicted octanol–water partition coefficient (Wildman–Crippen LogP) is 4.95. The van der Waals surface area contributed by atoms with Crippen LogP contribution in [-0.4, -0.2) is 82.8 Å². The number of carbonyl (C=O) groups is 12. The van der Waals surface area contributed by atoms with Crippen molar-refractivity contribution in [2.24, 2.45) is 81.2 Å². The molecule has 6 saturated heterocycles. The Bertz CT molecular complexity index is 3430. The number of amides is 12. The molecule has 20 nitrogen and oxygen atoms in total. The molecule has 0 N–H and O–H groups in total. The SMILES string of the molecule is Cc1ccc(N=Nc2ccc(N3C(=O)CC4C5CC(C(=O)N(c6cccc(N7C(=O)CC8C9CC(C(=O)N(c%10cccc(N%11C(=O)CC%12C%13CC(C(=O)N(C)C%13=O)C%12C%11=O)c%10)C9=O)C8C7=O)c6)C5=O)C4C3=O)cc2)cc1. The molecule has 20 heteroatoms. The van der Waals surface area contributed by atoms with E-state index in [-0.39, 0.29) is 67.0 Å². The Morgan fingerprint density at radius 2 is 0.671 bits per heavy atom. The van der Waals surface area contributed by atoms with E-state index in [1.54, 1.807) is 24.3 Å². The molecule has 12 atom stereocenters. The third-order valence-electron chi connectivity index (χ3n) is 17.8. The van der Waals surface area contributed by atoms with Crippen LogP contribution in [0, 0.1) is 77.9 Å². The Labute approximate surface area is 432 Å². The normalized spacial score (nSPS) is 31.9. The molecule has 0 aromatic heterocycles. The zero-order valence-electron chi connectivity index (χ0n) is 40.9. The summed E-state index contributed by atoms with van der Waals surface area (Å²) < 4.78 is 0. The third-order valence-corrected chi connectivity index (χ3v) is 17.8. The summed E-state index contributed by atoms with van der Waals surface area (Å²) >= 11 is 0. The van der Waals surface area contributed by atoms with E-state index in [9.17, 15) is 57.5 Å². The first-order valence-corrected chi connectivity index (χ1v) is 25.5. The highest BCUT2D eigenvalue weighted by Gasteiger charge is 2.65. The molecule has 6 aliphatic heterocycles. The molecule has 4 aromatic rings. The van der Waals surface area contributed by atoms with Crippen molar-refractivity contribution in [3.05, 3.63) is 103 Å². The average Bonchev–Trinajstić information content (AvgIpc) is 4.27. The summed E-state index contributed by atoms with van der Waals surface area (Å²) in [5.74, 6) is -17.7. The minimum Gasteiger partial charge on any atom is -0.285 e. The van der Waals surface area contributed by atoms with Crippen LogP contribution in [0.5, 0.6) is 0 Å². The second-order valence-electron chi connectivity index (χ2n) is 21.6. The smallest absolute Gasteiger partial charge is 0.237 e. The number of piperidine rings is 6. The summed E-state index contributed by atoms with van der Waals surface area (Å²) in [6.45, 7) is 1.96. The van der Waals surface area contributed by atoms with Gasteiger partial charge in [-0.25, -0.2) is 9.80 Å². The monoisotopic (exact) mass is 1020 g/mol. The maximum atomic E-state index is 14.7. The van der Waals surface area contributed by atoms with E-state index in [2.05, 4.69) is 10.2 Å². The molecule has 3 aliphatic carbocycles. The highest BCUT2D eigenvalue weighted by atomic mass is 16.2. The maximum absolute atomic E-state index is 14.7. The van der Waals surface area contributed by atoms with Gasteiger partial charge >= 0.3 is 0 Å². The molecule has 6 bridgehead atoms. The lowest BCUT2D eigenvalue weighted by molar-refractivity contribution is -0.152. The number of carbonyl (C=O) groups excluding carboxylic acids is 12. The third kappa shape index (κ3) is 6.73. The number of benzene rings is 4. The molecular weight excluding hydrogens is 977 g/mol. The number of nitrogens with zero attached hydrogens (tertiary/aromatic N) is 8. The Morgan fingerprint density at radius 1 is 0.355 bits per heavy atom. The first-order valence-electron chi connectivity index (χ1n) is 25.5. The van der Waals surface area contributed by atoms with Crippen LogP contribution < -0.4 is 24.5 Å². The van der Waals surface area contributed by atoms with Gasteiger partial charge in [0.2, 0.25) is 70.9 Å². The summed E-state index contributed by atoms with van der Waals surface area (Å²) in [6, 6.07) is 25.4. The standard InChI is InChI=1S/C56H46N8O12/c1-25-9-11-26(12-10-25)57-58-27-13-15-28(16-14-27)60-42(65)23-34-37-20-40(46(34)54(60)74)52(72)63(50(37)70)32-8-4-6-30(18-32)62-44(67)24-35-38-21-41(47(35)56(62)76)53(73)64(51(38)71)31-7-3-5-29(17-31)61-43(66)22-33-36-19-39(45(33)55(61)75)49(69)59(2)48(36)68/h3-18,33-41,45-47H,19-24H2,1-2H3. The predicted molar refractivity (Wildman–Crippen MR) is 265 cm³/mol. The molecular formula is C56H46N8O12. The van der Waals surface area contributed by atoms with Crippen molar-refractivity contribution in [1.29, 1.82) is 0 Å². The lowest BCUT2D eigenvalue weighted by Crippen LogP contribution is -2.51. The molecule has 76 heavy (non-hydrogen) atoms. The van der Waals surface area contributed by atoms with Crippen molar-refractivity contribution in [2.75, 3.05) is 31.5 Å². The van der Waals surface area contributed by atoms with Crippen molar-refractivity contribution in [3.63, 3.8) is 0 Å². The molecule has 3 saturated carbocycles. The summed E-state index contributed by atoms with van der Waals surface area (Å²) in [7, 11) is 1.37. The van der Waals surface area contributed by atoms with Crippen molar-refractivity contribution in [1.82, 2.24) is 4.90 Å². The number of anilines is 5. The van der Waals surface area contributed by atoms with Crippen LogP contribution in [0.25, 0.3) is 0 Å². The van der Waals surface area contributed by atoms with Gasteiger partial charge in [-0.15, -0.1) is 0 Å². The van der Waals surface area contributed by atoms with Gasteiger partial charge in [0.05, 0.1) is 75.3 Å². The summed E-state index contributed by atoms with van der Waals surface area (Å²) in [4.78, 5) is 174. The number of rotatable bonds is 7.